The molecule has 0 saturated carbocycles. The van der Waals surface area contributed by atoms with Crippen molar-refractivity contribution in [1.82, 2.24) is 9.55 Å². The van der Waals surface area contributed by atoms with Gasteiger partial charge in [-0.1, -0.05) is 31.2 Å². The Labute approximate surface area is 161 Å². The Morgan fingerprint density at radius 2 is 2.04 bits per heavy atom. The van der Waals surface area contributed by atoms with Crippen LogP contribution in [0.5, 0.6) is 0 Å². The fraction of sp³-hybridized carbons (Fsp3) is 0.350. The molecule has 1 aromatic carbocycles. The van der Waals surface area contributed by atoms with Crippen molar-refractivity contribution in [3.8, 4) is 11.1 Å². The first-order valence-electron chi connectivity index (χ1n) is 8.92. The highest BCUT2D eigenvalue weighted by atomic mass is 32.1. The summed E-state index contributed by atoms with van der Waals surface area (Å²) in [5, 5.41) is 2.56. The van der Waals surface area contributed by atoms with Crippen molar-refractivity contribution in [2.75, 3.05) is 13.7 Å². The summed E-state index contributed by atoms with van der Waals surface area (Å²) in [6.07, 6.45) is 1.56. The van der Waals surface area contributed by atoms with Crippen molar-refractivity contribution in [3.63, 3.8) is 0 Å². The molecule has 6 nitrogen and oxygen atoms in total. The van der Waals surface area contributed by atoms with Crippen LogP contribution >= 0.6 is 11.3 Å². The third-order valence-electron chi connectivity index (χ3n) is 4.56. The zero-order valence-corrected chi connectivity index (χ0v) is 16.3. The number of nitrogens with two attached hydrogens (primary N) is 1. The number of ether oxygens (including phenoxy) is 1. The van der Waals surface area contributed by atoms with E-state index in [9.17, 15) is 9.59 Å². The van der Waals surface area contributed by atoms with Crippen molar-refractivity contribution in [2.45, 2.75) is 32.7 Å². The molecule has 0 fully saturated rings. The number of nitrogens with zero attached hydrogens (tertiary/aromatic N) is 2. The molecular formula is C20H23N3O3S. The summed E-state index contributed by atoms with van der Waals surface area (Å²) in [6.45, 7) is 2.78. The van der Waals surface area contributed by atoms with E-state index in [0.29, 0.717) is 29.1 Å². The molecule has 0 saturated heterocycles. The van der Waals surface area contributed by atoms with E-state index in [1.54, 1.807) is 11.7 Å². The van der Waals surface area contributed by atoms with Crippen LogP contribution in [-0.2, 0) is 28.9 Å². The summed E-state index contributed by atoms with van der Waals surface area (Å²) in [5.41, 5.74) is 8.26. The summed E-state index contributed by atoms with van der Waals surface area (Å²) in [5.74, 6) is 0.172. The van der Waals surface area contributed by atoms with Gasteiger partial charge in [-0.05, 0) is 17.5 Å². The molecule has 0 radical (unpaired) electrons. The van der Waals surface area contributed by atoms with Gasteiger partial charge >= 0.3 is 0 Å². The number of hydrogen-bond donors (Lipinski definition) is 1. The Kier molecular flexibility index (Phi) is 6.03. The van der Waals surface area contributed by atoms with Crippen molar-refractivity contribution in [1.29, 1.82) is 0 Å². The number of thiophene rings is 1. The predicted octanol–water partition coefficient (Wildman–Crippen LogP) is 2.75. The molecule has 0 atom stereocenters. The van der Waals surface area contributed by atoms with Gasteiger partial charge in [0.1, 0.15) is 10.7 Å². The first kappa shape index (κ1) is 19.3. The van der Waals surface area contributed by atoms with Crippen molar-refractivity contribution in [3.05, 3.63) is 51.4 Å². The van der Waals surface area contributed by atoms with E-state index < -0.39 is 5.91 Å². The molecule has 7 heteroatoms. The summed E-state index contributed by atoms with van der Waals surface area (Å²) in [6, 6.07) is 8.22. The molecule has 0 bridgehead atoms. The average Bonchev–Trinajstić information content (AvgIpc) is 3.09. The van der Waals surface area contributed by atoms with E-state index in [0.717, 1.165) is 17.5 Å². The molecule has 27 heavy (non-hydrogen) atoms. The normalized spacial score (nSPS) is 11.2. The van der Waals surface area contributed by atoms with Crippen LogP contribution in [0, 0.1) is 0 Å². The fourth-order valence-electron chi connectivity index (χ4n) is 3.04. The standard InChI is InChI=1S/C20H23N3O3S/c1-3-13-4-6-14(7-5-13)15-12-27-19-18(15)20(25)23(10-8-16(21)24)17(22-19)9-11-26-2/h4-7,12H,3,8-11H2,1-2H3,(H2,21,24). The molecular weight excluding hydrogens is 362 g/mol. The number of rotatable bonds is 8. The summed E-state index contributed by atoms with van der Waals surface area (Å²) in [7, 11) is 1.60. The summed E-state index contributed by atoms with van der Waals surface area (Å²) < 4.78 is 6.69. The van der Waals surface area contributed by atoms with Crippen LogP contribution in [-0.4, -0.2) is 29.2 Å². The Bertz CT molecular complexity index is 1010. The number of methoxy groups -OCH3 is 1. The van der Waals surface area contributed by atoms with Crippen LogP contribution in [0.3, 0.4) is 0 Å². The van der Waals surface area contributed by atoms with Gasteiger partial charge in [0.25, 0.3) is 5.56 Å². The van der Waals surface area contributed by atoms with Crippen molar-refractivity contribution in [2.24, 2.45) is 5.73 Å². The number of aromatic nitrogens is 2. The molecule has 0 aliphatic rings. The Morgan fingerprint density at radius 3 is 2.67 bits per heavy atom. The molecule has 3 rings (SSSR count). The lowest BCUT2D eigenvalue weighted by Gasteiger charge is -2.12. The number of benzene rings is 1. The van der Waals surface area contributed by atoms with Crippen molar-refractivity contribution >= 4 is 27.5 Å². The molecule has 142 valence electrons. The highest BCUT2D eigenvalue weighted by molar-refractivity contribution is 7.17. The van der Waals surface area contributed by atoms with Gasteiger partial charge in [-0.25, -0.2) is 4.98 Å². The lowest BCUT2D eigenvalue weighted by molar-refractivity contribution is -0.118. The second-order valence-corrected chi connectivity index (χ2v) is 7.18. The summed E-state index contributed by atoms with van der Waals surface area (Å²) in [4.78, 5) is 29.9. The van der Waals surface area contributed by atoms with Gasteiger partial charge in [0.15, 0.2) is 0 Å². The maximum absolute atomic E-state index is 13.2. The van der Waals surface area contributed by atoms with Crippen LogP contribution in [0.1, 0.15) is 24.7 Å². The van der Waals surface area contributed by atoms with E-state index in [4.69, 9.17) is 10.5 Å². The van der Waals surface area contributed by atoms with Crippen molar-refractivity contribution < 1.29 is 9.53 Å². The number of amides is 1. The van der Waals surface area contributed by atoms with Gasteiger partial charge in [0.2, 0.25) is 5.91 Å². The van der Waals surface area contributed by atoms with Gasteiger partial charge in [-0.15, -0.1) is 11.3 Å². The van der Waals surface area contributed by atoms with Gasteiger partial charge < -0.3 is 10.5 Å². The monoisotopic (exact) mass is 385 g/mol. The fourth-order valence-corrected chi connectivity index (χ4v) is 3.99. The number of carbonyl (C=O) groups excluding carboxylic acids is 1. The third kappa shape index (κ3) is 4.09. The minimum atomic E-state index is -0.444. The third-order valence-corrected chi connectivity index (χ3v) is 5.43. The van der Waals surface area contributed by atoms with Crippen LogP contribution in [0.4, 0.5) is 0 Å². The zero-order chi connectivity index (χ0) is 19.4. The van der Waals surface area contributed by atoms with Crippen LogP contribution in [0.2, 0.25) is 0 Å². The number of fused-ring (bicyclic) bond motifs is 1. The highest BCUT2D eigenvalue weighted by Gasteiger charge is 2.17. The van der Waals surface area contributed by atoms with E-state index in [-0.39, 0.29) is 18.5 Å². The lowest BCUT2D eigenvalue weighted by atomic mass is 10.0. The highest BCUT2D eigenvalue weighted by Crippen LogP contribution is 2.31. The molecule has 2 N–H and O–H groups in total. The number of primary amides is 1. The molecule has 0 aliphatic heterocycles. The minimum absolute atomic E-state index is 0.0950. The maximum atomic E-state index is 13.2. The SMILES string of the molecule is CCc1ccc(-c2csc3nc(CCOC)n(CCC(N)=O)c(=O)c23)cc1. The lowest BCUT2D eigenvalue weighted by Crippen LogP contribution is -2.28. The van der Waals surface area contributed by atoms with E-state index in [1.807, 2.05) is 17.5 Å². The quantitative estimate of drug-likeness (QED) is 0.646. The number of aryl methyl sites for hydroxylation is 1. The minimum Gasteiger partial charge on any atom is -0.384 e. The number of hydrogen-bond acceptors (Lipinski definition) is 5. The average molecular weight is 385 g/mol. The Hall–Kier alpha value is -2.51. The molecule has 0 unspecified atom stereocenters. The first-order chi connectivity index (χ1) is 13.0. The second kappa shape index (κ2) is 8.45. The van der Waals surface area contributed by atoms with Crippen LogP contribution in [0.15, 0.2) is 34.4 Å². The van der Waals surface area contributed by atoms with Gasteiger partial charge in [0, 0.05) is 37.4 Å². The largest absolute Gasteiger partial charge is 0.384 e. The van der Waals surface area contributed by atoms with Gasteiger partial charge in [-0.3, -0.25) is 14.2 Å². The van der Waals surface area contributed by atoms with Crippen LogP contribution in [0.25, 0.3) is 21.3 Å². The second-order valence-electron chi connectivity index (χ2n) is 6.32. The van der Waals surface area contributed by atoms with Gasteiger partial charge in [-0.2, -0.15) is 0 Å². The molecule has 0 aliphatic carbocycles. The molecule has 2 aromatic heterocycles. The molecule has 1 amide bonds. The zero-order valence-electron chi connectivity index (χ0n) is 15.5. The molecule has 2 heterocycles. The Balaban J connectivity index is 2.13. The molecule has 3 aromatic rings. The van der Waals surface area contributed by atoms with Crippen LogP contribution < -0.4 is 11.3 Å². The summed E-state index contributed by atoms with van der Waals surface area (Å²) >= 11 is 1.46. The molecule has 0 spiro atoms. The Morgan fingerprint density at radius 1 is 1.30 bits per heavy atom. The maximum Gasteiger partial charge on any atom is 0.262 e. The topological polar surface area (TPSA) is 87.2 Å². The van der Waals surface area contributed by atoms with Gasteiger partial charge in [0.05, 0.1) is 12.0 Å². The van der Waals surface area contributed by atoms with E-state index >= 15 is 0 Å². The van der Waals surface area contributed by atoms with E-state index in [1.165, 1.54) is 16.9 Å². The first-order valence-corrected chi connectivity index (χ1v) is 9.80. The smallest absolute Gasteiger partial charge is 0.262 e. The predicted molar refractivity (Wildman–Crippen MR) is 108 cm³/mol. The number of carbonyl (C=O) groups is 1. The van der Waals surface area contributed by atoms with E-state index in [2.05, 4.69) is 24.0 Å².